The molecule has 1 heterocycles. The molecular weight excluding hydrogens is 352 g/mol. The summed E-state index contributed by atoms with van der Waals surface area (Å²) in [7, 11) is 2.03. The zero-order valence-electron chi connectivity index (χ0n) is 16.4. The van der Waals surface area contributed by atoms with Crippen molar-refractivity contribution in [1.82, 2.24) is 20.0 Å². The smallest absolute Gasteiger partial charge is 0.318 e. The summed E-state index contributed by atoms with van der Waals surface area (Å²) >= 11 is 1.20. The Morgan fingerprint density at radius 1 is 1.15 bits per heavy atom. The Balaban J connectivity index is 2.57. The second-order valence-corrected chi connectivity index (χ2v) is 8.11. The van der Waals surface area contributed by atoms with E-state index in [2.05, 4.69) is 16.8 Å². The van der Waals surface area contributed by atoms with Crippen molar-refractivity contribution in [3.8, 4) is 0 Å². The quantitative estimate of drug-likeness (QED) is 0.641. The normalized spacial score (nSPS) is 16.1. The molecule has 148 valence electrons. The lowest BCUT2D eigenvalue weighted by atomic mass is 10.2. The van der Waals surface area contributed by atoms with Gasteiger partial charge in [-0.1, -0.05) is 17.3 Å². The number of amides is 3. The highest BCUT2D eigenvalue weighted by molar-refractivity contribution is 8.13. The molecule has 0 radical (unpaired) electrons. The van der Waals surface area contributed by atoms with Gasteiger partial charge in [-0.15, -0.1) is 6.58 Å². The highest BCUT2D eigenvalue weighted by Gasteiger charge is 2.26. The SMILES string of the molecule is C=C(C)CCN(CCSC(C)=O)C(=O)N[C@@H](C)C(=O)N1CCN(C)CC1. The topological polar surface area (TPSA) is 73.0 Å². The largest absolute Gasteiger partial charge is 0.338 e. The van der Waals surface area contributed by atoms with Crippen molar-refractivity contribution in [2.75, 3.05) is 52.1 Å². The second-order valence-electron chi connectivity index (χ2n) is 6.83. The standard InChI is InChI=1S/C18H32N4O3S/c1-14(2)6-7-22(12-13-26-16(4)23)18(25)19-15(3)17(24)21-10-8-20(5)9-11-21/h15H,1,6-13H2,2-5H3,(H,19,25)/t15-/m0/s1. The Hall–Kier alpha value is -1.54. The number of nitrogens with one attached hydrogen (secondary N) is 1. The molecule has 1 aliphatic rings. The van der Waals surface area contributed by atoms with E-state index in [1.165, 1.54) is 18.7 Å². The van der Waals surface area contributed by atoms with Crippen LogP contribution in [0.4, 0.5) is 4.79 Å². The molecule has 0 aromatic rings. The Morgan fingerprint density at radius 3 is 2.31 bits per heavy atom. The van der Waals surface area contributed by atoms with Gasteiger partial charge in [-0.2, -0.15) is 0 Å². The summed E-state index contributed by atoms with van der Waals surface area (Å²) in [5, 5.41) is 2.84. The molecule has 0 unspecified atom stereocenters. The predicted octanol–water partition coefficient (Wildman–Crippen LogP) is 1.41. The fourth-order valence-electron chi connectivity index (χ4n) is 2.58. The number of likely N-dealkylation sites (N-methyl/N-ethyl adjacent to an activating group) is 1. The summed E-state index contributed by atoms with van der Waals surface area (Å²) < 4.78 is 0. The number of thioether (sulfide) groups is 1. The average Bonchev–Trinajstić information content (AvgIpc) is 2.57. The van der Waals surface area contributed by atoms with Crippen LogP contribution in [0.15, 0.2) is 12.2 Å². The van der Waals surface area contributed by atoms with Gasteiger partial charge in [0.2, 0.25) is 5.91 Å². The van der Waals surface area contributed by atoms with Gasteiger partial charge in [-0.05, 0) is 27.3 Å². The van der Waals surface area contributed by atoms with Crippen LogP contribution in [0.1, 0.15) is 27.2 Å². The number of nitrogens with zero attached hydrogens (tertiary/aromatic N) is 3. The molecule has 0 saturated carbocycles. The lowest BCUT2D eigenvalue weighted by Gasteiger charge is -2.34. The molecule has 0 aromatic carbocycles. The molecular formula is C18H32N4O3S. The molecule has 8 heteroatoms. The Kier molecular flexibility index (Phi) is 9.72. The number of hydrogen-bond acceptors (Lipinski definition) is 5. The van der Waals surface area contributed by atoms with Gasteiger partial charge in [0.05, 0.1) is 0 Å². The van der Waals surface area contributed by atoms with E-state index in [0.717, 1.165) is 18.7 Å². The molecule has 26 heavy (non-hydrogen) atoms. The molecule has 1 aliphatic heterocycles. The van der Waals surface area contributed by atoms with Crippen LogP contribution < -0.4 is 5.32 Å². The van der Waals surface area contributed by atoms with E-state index >= 15 is 0 Å². The van der Waals surface area contributed by atoms with E-state index in [4.69, 9.17) is 0 Å². The maximum absolute atomic E-state index is 12.6. The van der Waals surface area contributed by atoms with Crippen molar-refractivity contribution < 1.29 is 14.4 Å². The highest BCUT2D eigenvalue weighted by atomic mass is 32.2. The van der Waals surface area contributed by atoms with Crippen LogP contribution in [-0.4, -0.2) is 89.9 Å². The van der Waals surface area contributed by atoms with Gasteiger partial charge in [0.1, 0.15) is 6.04 Å². The minimum atomic E-state index is -0.571. The number of carbonyl (C=O) groups excluding carboxylic acids is 3. The Bertz CT molecular complexity index is 519. The Morgan fingerprint density at radius 2 is 1.77 bits per heavy atom. The highest BCUT2D eigenvalue weighted by Crippen LogP contribution is 2.07. The summed E-state index contributed by atoms with van der Waals surface area (Å²) in [4.78, 5) is 41.9. The molecule has 0 bridgehead atoms. The van der Waals surface area contributed by atoms with E-state index in [0.29, 0.717) is 38.4 Å². The van der Waals surface area contributed by atoms with Crippen molar-refractivity contribution in [2.24, 2.45) is 0 Å². The van der Waals surface area contributed by atoms with Crippen molar-refractivity contribution >= 4 is 28.8 Å². The van der Waals surface area contributed by atoms with Gasteiger partial charge < -0.3 is 20.0 Å². The van der Waals surface area contributed by atoms with Crippen LogP contribution in [0.3, 0.4) is 0 Å². The fourth-order valence-corrected chi connectivity index (χ4v) is 3.18. The maximum Gasteiger partial charge on any atom is 0.318 e. The lowest BCUT2D eigenvalue weighted by molar-refractivity contribution is -0.134. The van der Waals surface area contributed by atoms with Crippen LogP contribution in [-0.2, 0) is 9.59 Å². The lowest BCUT2D eigenvalue weighted by Crippen LogP contribution is -2.55. The minimum Gasteiger partial charge on any atom is -0.338 e. The summed E-state index contributed by atoms with van der Waals surface area (Å²) in [6.45, 7) is 13.1. The van der Waals surface area contributed by atoms with E-state index in [-0.39, 0.29) is 17.1 Å². The average molecular weight is 385 g/mol. The molecule has 1 fully saturated rings. The zero-order valence-corrected chi connectivity index (χ0v) is 17.2. The number of rotatable bonds is 8. The first kappa shape index (κ1) is 22.5. The van der Waals surface area contributed by atoms with Gasteiger partial charge in [-0.3, -0.25) is 9.59 Å². The predicted molar refractivity (Wildman–Crippen MR) is 106 cm³/mol. The third-order valence-corrected chi connectivity index (χ3v) is 5.08. The maximum atomic E-state index is 12.6. The zero-order chi connectivity index (χ0) is 19.7. The number of carbonyl (C=O) groups is 3. The number of urea groups is 1. The first-order valence-corrected chi connectivity index (χ1v) is 9.99. The third kappa shape index (κ3) is 8.23. The number of piperazine rings is 1. The molecule has 1 N–H and O–H groups in total. The van der Waals surface area contributed by atoms with E-state index in [1.807, 2.05) is 14.0 Å². The summed E-state index contributed by atoms with van der Waals surface area (Å²) in [6.07, 6.45) is 0.693. The summed E-state index contributed by atoms with van der Waals surface area (Å²) in [5.74, 6) is 0.490. The van der Waals surface area contributed by atoms with Crippen molar-refractivity contribution in [1.29, 1.82) is 0 Å². The van der Waals surface area contributed by atoms with E-state index in [9.17, 15) is 14.4 Å². The van der Waals surface area contributed by atoms with E-state index in [1.54, 1.807) is 16.7 Å². The van der Waals surface area contributed by atoms with Crippen molar-refractivity contribution in [3.63, 3.8) is 0 Å². The number of hydrogen-bond donors (Lipinski definition) is 1. The van der Waals surface area contributed by atoms with E-state index < -0.39 is 6.04 Å². The molecule has 1 atom stereocenters. The van der Waals surface area contributed by atoms with Crippen LogP contribution >= 0.6 is 11.8 Å². The van der Waals surface area contributed by atoms with Gasteiger partial charge in [0, 0.05) is 51.9 Å². The molecule has 1 saturated heterocycles. The van der Waals surface area contributed by atoms with Crippen LogP contribution in [0, 0.1) is 0 Å². The molecule has 7 nitrogen and oxygen atoms in total. The summed E-state index contributed by atoms with van der Waals surface area (Å²) in [6, 6.07) is -0.843. The van der Waals surface area contributed by atoms with Gasteiger partial charge >= 0.3 is 6.03 Å². The van der Waals surface area contributed by atoms with Crippen LogP contribution in [0.5, 0.6) is 0 Å². The second kappa shape index (κ2) is 11.2. The van der Waals surface area contributed by atoms with Gasteiger partial charge in [-0.25, -0.2) is 4.79 Å². The first-order valence-electron chi connectivity index (χ1n) is 9.01. The van der Waals surface area contributed by atoms with Gasteiger partial charge in [0.25, 0.3) is 0 Å². The Labute approximate surface area is 161 Å². The van der Waals surface area contributed by atoms with Gasteiger partial charge in [0.15, 0.2) is 5.12 Å². The molecule has 0 aromatic heterocycles. The first-order chi connectivity index (χ1) is 12.2. The monoisotopic (exact) mass is 384 g/mol. The third-order valence-electron chi connectivity index (χ3n) is 4.29. The minimum absolute atomic E-state index is 0.0314. The molecule has 0 aliphatic carbocycles. The molecule has 3 amide bonds. The van der Waals surface area contributed by atoms with Crippen molar-refractivity contribution in [2.45, 2.75) is 33.2 Å². The van der Waals surface area contributed by atoms with Crippen LogP contribution in [0.2, 0.25) is 0 Å². The summed E-state index contributed by atoms with van der Waals surface area (Å²) in [5.41, 5.74) is 0.989. The molecule has 1 rings (SSSR count). The molecule has 0 spiro atoms. The fraction of sp³-hybridized carbons (Fsp3) is 0.722. The van der Waals surface area contributed by atoms with Crippen molar-refractivity contribution in [3.05, 3.63) is 12.2 Å². The van der Waals surface area contributed by atoms with Crippen LogP contribution in [0.25, 0.3) is 0 Å².